The fraction of sp³-hybridized carbons (Fsp3) is 0.733. The Labute approximate surface area is 123 Å². The number of aromatic carboxylic acids is 1. The fourth-order valence-electron chi connectivity index (χ4n) is 3.68. The summed E-state index contributed by atoms with van der Waals surface area (Å²) in [5.74, 6) is 0.121. The molecular weight excluding hydrogens is 272 g/mol. The molecule has 4 nitrogen and oxygen atoms in total. The molecule has 0 radical (unpaired) electrons. The molecule has 0 bridgehead atoms. The maximum atomic E-state index is 11.4. The van der Waals surface area contributed by atoms with Crippen LogP contribution in [0.15, 0.2) is 0 Å². The van der Waals surface area contributed by atoms with Gasteiger partial charge < -0.3 is 10.0 Å². The predicted molar refractivity (Wildman–Crippen MR) is 80.9 cm³/mol. The van der Waals surface area contributed by atoms with E-state index in [-0.39, 0.29) is 5.92 Å². The Morgan fingerprint density at radius 2 is 2.10 bits per heavy atom. The number of hydrogen-bond donors (Lipinski definition) is 1. The van der Waals surface area contributed by atoms with E-state index in [1.807, 2.05) is 13.8 Å². The normalized spacial score (nSPS) is 26.1. The molecule has 0 spiro atoms. The smallest absolute Gasteiger partial charge is 0.347 e. The minimum absolute atomic E-state index is 0.162. The number of thiazole rings is 1. The van der Waals surface area contributed by atoms with Gasteiger partial charge in [0.25, 0.3) is 0 Å². The van der Waals surface area contributed by atoms with Gasteiger partial charge in [-0.05, 0) is 37.5 Å². The molecule has 1 N–H and O–H groups in total. The number of aromatic nitrogens is 1. The summed E-state index contributed by atoms with van der Waals surface area (Å²) >= 11 is 1.37. The molecule has 2 fully saturated rings. The first-order valence-electron chi connectivity index (χ1n) is 7.58. The van der Waals surface area contributed by atoms with Gasteiger partial charge in [-0.1, -0.05) is 31.6 Å². The highest BCUT2D eigenvalue weighted by atomic mass is 32.1. The van der Waals surface area contributed by atoms with Gasteiger partial charge in [0, 0.05) is 12.6 Å². The molecule has 2 heterocycles. The summed E-state index contributed by atoms with van der Waals surface area (Å²) < 4.78 is 0. The summed E-state index contributed by atoms with van der Waals surface area (Å²) in [6.07, 6.45) is 6.41. The second kappa shape index (κ2) is 5.35. The van der Waals surface area contributed by atoms with Gasteiger partial charge in [-0.2, -0.15) is 0 Å². The zero-order valence-corrected chi connectivity index (χ0v) is 12.9. The number of carboxylic acids is 1. The molecule has 1 aliphatic carbocycles. The van der Waals surface area contributed by atoms with Gasteiger partial charge in [0.2, 0.25) is 0 Å². The van der Waals surface area contributed by atoms with Crippen LogP contribution >= 0.6 is 11.3 Å². The maximum Gasteiger partial charge on any atom is 0.347 e. The van der Waals surface area contributed by atoms with Gasteiger partial charge in [-0.3, -0.25) is 0 Å². The van der Waals surface area contributed by atoms with Crippen LogP contribution in [0.3, 0.4) is 0 Å². The molecule has 2 unspecified atom stereocenters. The zero-order valence-electron chi connectivity index (χ0n) is 12.1. The summed E-state index contributed by atoms with van der Waals surface area (Å²) in [6.45, 7) is 5.06. The number of rotatable bonds is 3. The molecular formula is C15H22N2O2S. The van der Waals surface area contributed by atoms with Crippen molar-refractivity contribution in [1.29, 1.82) is 0 Å². The molecule has 110 valence electrons. The van der Waals surface area contributed by atoms with E-state index in [1.54, 1.807) is 0 Å². The van der Waals surface area contributed by atoms with Crippen molar-refractivity contribution in [2.24, 2.45) is 5.92 Å². The van der Waals surface area contributed by atoms with Crippen molar-refractivity contribution in [2.75, 3.05) is 11.4 Å². The molecule has 0 amide bonds. The molecule has 3 rings (SSSR count). The molecule has 5 heteroatoms. The molecule has 2 aliphatic rings. The number of carbonyl (C=O) groups is 1. The average Bonchev–Trinajstić information content (AvgIpc) is 3.04. The molecule has 2 atom stereocenters. The van der Waals surface area contributed by atoms with Crippen LogP contribution in [-0.2, 0) is 0 Å². The first-order chi connectivity index (χ1) is 9.58. The van der Waals surface area contributed by atoms with Gasteiger partial charge in [0.05, 0.1) is 5.69 Å². The number of carboxylic acid groups (broad SMARTS) is 1. The Kier molecular flexibility index (Phi) is 3.71. The summed E-state index contributed by atoms with van der Waals surface area (Å²) in [5.41, 5.74) is 0.748. The van der Waals surface area contributed by atoms with Crippen LogP contribution in [-0.4, -0.2) is 28.6 Å². The van der Waals surface area contributed by atoms with E-state index in [0.717, 1.165) is 23.3 Å². The first-order valence-corrected chi connectivity index (χ1v) is 8.40. The van der Waals surface area contributed by atoms with E-state index in [2.05, 4.69) is 9.88 Å². The van der Waals surface area contributed by atoms with Crippen LogP contribution in [0.25, 0.3) is 0 Å². The third-order valence-corrected chi connectivity index (χ3v) is 5.72. The quantitative estimate of drug-likeness (QED) is 0.923. The topological polar surface area (TPSA) is 53.4 Å². The van der Waals surface area contributed by atoms with Crippen LogP contribution in [0.1, 0.15) is 67.2 Å². The van der Waals surface area contributed by atoms with Crippen molar-refractivity contribution in [3.05, 3.63) is 10.6 Å². The Bertz CT molecular complexity index is 512. The van der Waals surface area contributed by atoms with Crippen LogP contribution in [0.2, 0.25) is 0 Å². The molecule has 1 saturated heterocycles. The van der Waals surface area contributed by atoms with E-state index in [4.69, 9.17) is 0 Å². The predicted octanol–water partition coefficient (Wildman–Crippen LogP) is 3.73. The largest absolute Gasteiger partial charge is 0.477 e. The molecule has 1 aromatic heterocycles. The number of piperidine rings is 1. The third kappa shape index (κ3) is 2.32. The van der Waals surface area contributed by atoms with Crippen molar-refractivity contribution in [1.82, 2.24) is 4.98 Å². The number of fused-ring (bicyclic) bond motifs is 1. The minimum Gasteiger partial charge on any atom is -0.477 e. The lowest BCUT2D eigenvalue weighted by molar-refractivity contribution is 0.0700. The van der Waals surface area contributed by atoms with Crippen molar-refractivity contribution >= 4 is 22.4 Å². The van der Waals surface area contributed by atoms with Crippen molar-refractivity contribution in [2.45, 2.75) is 57.9 Å². The zero-order chi connectivity index (χ0) is 14.3. The Morgan fingerprint density at radius 1 is 1.35 bits per heavy atom. The number of anilines is 1. The highest BCUT2D eigenvalue weighted by Gasteiger charge is 2.37. The van der Waals surface area contributed by atoms with Gasteiger partial charge in [0.1, 0.15) is 4.88 Å². The van der Waals surface area contributed by atoms with E-state index < -0.39 is 5.97 Å². The van der Waals surface area contributed by atoms with E-state index in [9.17, 15) is 9.90 Å². The average molecular weight is 294 g/mol. The second-order valence-electron chi connectivity index (χ2n) is 6.26. The standard InChI is InChI=1S/C15H22N2O2S/c1-9(2)12-13(14(18)19)20-15(16-12)17-8-4-6-10-5-3-7-11(10)17/h9-11H,3-8H2,1-2H3,(H,18,19). The molecule has 1 aromatic rings. The van der Waals surface area contributed by atoms with E-state index in [0.29, 0.717) is 10.9 Å². The lowest BCUT2D eigenvalue weighted by atomic mass is 9.92. The Balaban J connectivity index is 1.93. The van der Waals surface area contributed by atoms with Crippen molar-refractivity contribution in [3.63, 3.8) is 0 Å². The third-order valence-electron chi connectivity index (χ3n) is 4.62. The summed E-state index contributed by atoms with van der Waals surface area (Å²) in [4.78, 5) is 18.9. The van der Waals surface area contributed by atoms with Gasteiger partial charge in [0.15, 0.2) is 5.13 Å². The number of hydrogen-bond acceptors (Lipinski definition) is 4. The van der Waals surface area contributed by atoms with Gasteiger partial charge in [-0.15, -0.1) is 0 Å². The van der Waals surface area contributed by atoms with Crippen molar-refractivity contribution < 1.29 is 9.90 Å². The molecule has 1 aliphatic heterocycles. The molecule has 0 aromatic carbocycles. The van der Waals surface area contributed by atoms with Crippen molar-refractivity contribution in [3.8, 4) is 0 Å². The monoisotopic (exact) mass is 294 g/mol. The Hall–Kier alpha value is -1.10. The second-order valence-corrected chi connectivity index (χ2v) is 7.24. The molecule has 1 saturated carbocycles. The van der Waals surface area contributed by atoms with Crippen LogP contribution in [0, 0.1) is 5.92 Å². The summed E-state index contributed by atoms with van der Waals surface area (Å²) in [5, 5.41) is 10.3. The lowest BCUT2D eigenvalue weighted by Gasteiger charge is -2.37. The highest BCUT2D eigenvalue weighted by molar-refractivity contribution is 7.17. The Morgan fingerprint density at radius 3 is 2.75 bits per heavy atom. The van der Waals surface area contributed by atoms with Crippen LogP contribution in [0.4, 0.5) is 5.13 Å². The maximum absolute atomic E-state index is 11.4. The summed E-state index contributed by atoms with van der Waals surface area (Å²) in [7, 11) is 0. The fourth-order valence-corrected chi connectivity index (χ4v) is 4.82. The van der Waals surface area contributed by atoms with Gasteiger partial charge in [-0.25, -0.2) is 9.78 Å². The minimum atomic E-state index is -0.836. The van der Waals surface area contributed by atoms with Crippen LogP contribution < -0.4 is 4.90 Å². The molecule has 20 heavy (non-hydrogen) atoms. The lowest BCUT2D eigenvalue weighted by Crippen LogP contribution is -2.42. The van der Waals surface area contributed by atoms with Gasteiger partial charge >= 0.3 is 5.97 Å². The SMILES string of the molecule is CC(C)c1nc(N2CCCC3CCCC32)sc1C(=O)O. The summed E-state index contributed by atoms with van der Waals surface area (Å²) in [6, 6.07) is 0.594. The van der Waals surface area contributed by atoms with E-state index in [1.165, 1.54) is 43.4 Å². The number of nitrogens with zero attached hydrogens (tertiary/aromatic N) is 2. The highest BCUT2D eigenvalue weighted by Crippen LogP contribution is 2.41. The van der Waals surface area contributed by atoms with Crippen LogP contribution in [0.5, 0.6) is 0 Å². The van der Waals surface area contributed by atoms with E-state index >= 15 is 0 Å². The first kappa shape index (κ1) is 13.9.